The van der Waals surface area contributed by atoms with E-state index < -0.39 is 130 Å². The van der Waals surface area contributed by atoms with E-state index in [2.05, 4.69) is 29.3 Å². The van der Waals surface area contributed by atoms with Gasteiger partial charge in [-0.2, -0.15) is 0 Å². The second-order valence-corrected chi connectivity index (χ2v) is 35.8. The lowest BCUT2D eigenvalue weighted by Gasteiger charge is -2.47. The standard InChI is InChI=1S/C46H54ClF2N5O18S.C46H54ClF2N5O17/c1-30-33(13-14-50-43(30)67-16-3-17-69-46(57)70-23-19-65-21-25-72-54(60)61)27-51(34-9-10-34)44(55)40-36(32-7-5-31(6-8-32)4-2-15-66-42-38(49)12-11-37(48)41(42)47)26-35-28-73(62,63)29-39(40)52(35)45(56)68-22-18-64-20-24-71-53(58)59;1-30-33(13-14-50-43(30)66-16-3-17-68-46(57)69-23-19-63-21-25-71-54(60)61)27-51(34-9-10-34)44(55)40-36(26-35-28-64-29-39(40)52(35)45(56)67-22-18-62-20-24-70-53(58)59)32-7-5-31(6-8-32)4-2-15-65-42-38(49)12-11-37(48)41(42)47/h5-8,11-14,34-35,39H,2-4,9-10,15-29H2,1H3;5-8,11-14,34-35,39H,2-4,9-10,15-29H2,1H3. The highest BCUT2D eigenvalue weighted by molar-refractivity contribution is 7.91. The Hall–Kier alpha value is -13.3. The van der Waals surface area contributed by atoms with Crippen LogP contribution < -0.4 is 18.9 Å². The molecule has 144 heavy (non-hydrogen) atoms. The van der Waals surface area contributed by atoms with Crippen LogP contribution in [0.2, 0.25) is 10.0 Å². The van der Waals surface area contributed by atoms with Gasteiger partial charge in [-0.3, -0.25) is 19.4 Å². The fourth-order valence-corrected chi connectivity index (χ4v) is 18.2. The first-order valence-corrected chi connectivity index (χ1v) is 48.5. The Morgan fingerprint density at radius 3 is 1.17 bits per heavy atom. The maximum absolute atomic E-state index is 15.3. The summed E-state index contributed by atoms with van der Waals surface area (Å²) >= 11 is 11.8. The molecule has 4 unspecified atom stereocenters. The summed E-state index contributed by atoms with van der Waals surface area (Å²) < 4.78 is 164. The number of aryl methyl sites for hydroxylation is 2. The van der Waals surface area contributed by atoms with Gasteiger partial charge in [-0.05, 0) is 159 Å². The Balaban J connectivity index is 0.000000275. The Bertz CT molecular complexity index is 5590. The first-order chi connectivity index (χ1) is 69.3. The van der Waals surface area contributed by atoms with Crippen LogP contribution in [0, 0.1) is 77.6 Å². The van der Waals surface area contributed by atoms with Crippen LogP contribution in [0.15, 0.2) is 108 Å². The maximum Gasteiger partial charge on any atom is 0.508 e. The number of rotatable bonds is 58. The summed E-state index contributed by atoms with van der Waals surface area (Å²) in [6.45, 7) is 1.89. The zero-order valence-corrected chi connectivity index (χ0v) is 80.8. The third-order valence-electron chi connectivity index (χ3n) is 23.0. The first-order valence-electron chi connectivity index (χ1n) is 46.0. The number of carbonyl (C=O) groups is 6. The molecule has 2 aliphatic carbocycles. The van der Waals surface area contributed by atoms with Crippen molar-refractivity contribution in [3.05, 3.63) is 227 Å². The van der Waals surface area contributed by atoms with Crippen molar-refractivity contribution < 1.29 is 165 Å². The monoisotopic (exact) mass is 2090 g/mol. The van der Waals surface area contributed by atoms with Crippen molar-refractivity contribution in [1.82, 2.24) is 29.6 Å². The van der Waals surface area contributed by atoms with Crippen molar-refractivity contribution in [3.8, 4) is 23.3 Å². The molecule has 6 heterocycles. The lowest BCUT2D eigenvalue weighted by molar-refractivity contribution is -0.758. The number of morpholine rings is 1. The zero-order valence-electron chi connectivity index (χ0n) is 78.4. The van der Waals surface area contributed by atoms with Crippen LogP contribution in [0.4, 0.5) is 36.7 Å². The minimum atomic E-state index is -3.80. The van der Waals surface area contributed by atoms with E-state index >= 15 is 9.59 Å². The van der Waals surface area contributed by atoms with Crippen LogP contribution in [0.5, 0.6) is 23.3 Å². The average molecular weight is 2090 g/mol. The highest BCUT2D eigenvalue weighted by Gasteiger charge is 2.52. The number of benzene rings is 4. The van der Waals surface area contributed by atoms with Gasteiger partial charge in [-0.1, -0.05) is 71.7 Å². The summed E-state index contributed by atoms with van der Waals surface area (Å²) in [6, 6.07) is 18.4. The average Bonchev–Trinajstić information content (AvgIpc) is 0.962. The number of aromatic nitrogens is 2. The largest absolute Gasteiger partial charge is 0.508 e. The van der Waals surface area contributed by atoms with Crippen molar-refractivity contribution in [2.24, 2.45) is 0 Å². The fourth-order valence-electron chi connectivity index (χ4n) is 15.9. The Morgan fingerprint density at radius 2 is 0.778 bits per heavy atom. The molecule has 4 amide bonds. The molecule has 0 spiro atoms. The number of amides is 4. The van der Waals surface area contributed by atoms with Gasteiger partial charge in [0.2, 0.25) is 11.8 Å². The summed E-state index contributed by atoms with van der Waals surface area (Å²) in [5.41, 5.74) is 7.73. The number of hydrogen-bond acceptors (Lipinski definition) is 37. The molecule has 0 N–H and O–H groups in total. The van der Waals surface area contributed by atoms with E-state index in [0.29, 0.717) is 84.2 Å². The molecule has 4 aromatic carbocycles. The van der Waals surface area contributed by atoms with E-state index in [4.69, 9.17) is 94.3 Å². The van der Waals surface area contributed by atoms with Crippen molar-refractivity contribution in [3.63, 3.8) is 0 Å². The second-order valence-electron chi connectivity index (χ2n) is 32.9. The van der Waals surface area contributed by atoms with Crippen LogP contribution in [0.3, 0.4) is 0 Å². The van der Waals surface area contributed by atoms with Crippen LogP contribution in [-0.4, -0.2) is 301 Å². The lowest BCUT2D eigenvalue weighted by atomic mass is 9.82. The van der Waals surface area contributed by atoms with E-state index in [-0.39, 0.29) is 232 Å². The number of halogens is 6. The van der Waals surface area contributed by atoms with Crippen LogP contribution in [0.25, 0.3) is 11.1 Å². The summed E-state index contributed by atoms with van der Waals surface area (Å²) in [4.78, 5) is 155. The lowest BCUT2D eigenvalue weighted by Crippen LogP contribution is -2.61. The van der Waals surface area contributed by atoms with Crippen molar-refractivity contribution in [2.45, 2.75) is 140 Å². The van der Waals surface area contributed by atoms with Crippen molar-refractivity contribution in [1.29, 1.82) is 0 Å². The summed E-state index contributed by atoms with van der Waals surface area (Å²) in [7, 11) is -3.80. The molecule has 2 saturated carbocycles. The number of sulfone groups is 1. The van der Waals surface area contributed by atoms with Gasteiger partial charge < -0.3 is 100 Å². The number of fused-ring (bicyclic) bond motifs is 4. The van der Waals surface area contributed by atoms with Gasteiger partial charge in [-0.25, -0.2) is 55.1 Å². The molecule has 4 atom stereocenters. The third kappa shape index (κ3) is 33.9. The molecular formula is C92H108Cl2F4N10O35S. The normalized spacial score (nSPS) is 16.5. The van der Waals surface area contributed by atoms with Gasteiger partial charge in [0.05, 0.1) is 141 Å². The molecule has 784 valence electrons. The Morgan fingerprint density at radius 1 is 0.424 bits per heavy atom. The number of pyridine rings is 2. The molecule has 0 radical (unpaired) electrons. The zero-order chi connectivity index (χ0) is 103. The van der Waals surface area contributed by atoms with E-state index in [9.17, 15) is 85.6 Å². The highest BCUT2D eigenvalue weighted by atomic mass is 35.5. The summed E-state index contributed by atoms with van der Waals surface area (Å²) in [5, 5.41) is 36.6. The van der Waals surface area contributed by atoms with Gasteiger partial charge in [-0.15, -0.1) is 40.5 Å². The van der Waals surface area contributed by atoms with Gasteiger partial charge in [0.25, 0.3) is 32.2 Å². The Kier molecular flexibility index (Phi) is 43.3. The molecule has 4 aliphatic heterocycles. The molecule has 52 heteroatoms. The van der Waals surface area contributed by atoms with Gasteiger partial charge in [0, 0.05) is 72.7 Å². The minimum absolute atomic E-state index is 0.00505. The number of carbonyl (C=O) groups excluding carboxylic acids is 6. The third-order valence-corrected chi connectivity index (χ3v) is 25.4. The van der Waals surface area contributed by atoms with E-state index in [1.54, 1.807) is 40.0 Å². The number of ether oxygens (including phenoxy) is 15. The van der Waals surface area contributed by atoms with E-state index in [1.165, 1.54) is 11.1 Å². The number of nitrogens with zero attached hydrogens (tertiary/aromatic N) is 10. The van der Waals surface area contributed by atoms with E-state index in [0.717, 1.165) is 64.9 Å². The molecule has 6 aliphatic rings. The maximum atomic E-state index is 15.3. The minimum Gasteiger partial charge on any atom is -0.489 e. The molecule has 6 aromatic rings. The van der Waals surface area contributed by atoms with Crippen LogP contribution >= 0.6 is 23.2 Å². The molecule has 4 fully saturated rings. The molecule has 2 aromatic heterocycles. The van der Waals surface area contributed by atoms with E-state index in [1.807, 2.05) is 55.5 Å². The van der Waals surface area contributed by atoms with Crippen molar-refractivity contribution in [2.75, 3.05) is 170 Å². The summed E-state index contributed by atoms with van der Waals surface area (Å²) in [5.74, 6) is -5.01. The van der Waals surface area contributed by atoms with Crippen molar-refractivity contribution >= 4 is 80.5 Å². The number of hydrogen-bond donors (Lipinski definition) is 0. The SMILES string of the molecule is Cc1c(CN(C(=O)C2=C(c3ccc(CCCOc4c(F)ccc(F)c4Cl)cc3)CC3COCC2N3C(=O)OCCOCCO[N+](=O)[O-])C2CC2)ccnc1OCCCOC(=O)OCCOCCO[N+](=O)[O-].Cc1c(CN(C(=O)C2=C(c3ccc(CCCOc4c(F)ccc(F)c4Cl)cc3)CC3CS(=O)(=O)CC2N3C(=O)OCCOCCO[N+](=O)[O-])C2CC2)ccnc1OCCCOC(=O)OCCOCCO[N+](=O)[O-]. The predicted molar refractivity (Wildman–Crippen MR) is 492 cm³/mol. The molecule has 4 bridgehead atoms. The highest BCUT2D eigenvalue weighted by Crippen LogP contribution is 2.45. The van der Waals surface area contributed by atoms with Crippen LogP contribution in [-0.2, 0) is 117 Å². The second kappa shape index (κ2) is 56.1. The van der Waals surface area contributed by atoms with Gasteiger partial charge >= 0.3 is 24.5 Å². The van der Waals surface area contributed by atoms with Crippen LogP contribution in [0.1, 0.15) is 109 Å². The quantitative estimate of drug-likeness (QED) is 0.00651. The molecule has 2 saturated heterocycles. The molecule has 12 rings (SSSR count). The summed E-state index contributed by atoms with van der Waals surface area (Å²) in [6.07, 6.45) is 5.22. The Labute approximate surface area is 831 Å². The topological polar surface area (TPSA) is 523 Å². The predicted octanol–water partition coefficient (Wildman–Crippen LogP) is 11.9. The molecular weight excluding hydrogens is 1980 g/mol. The van der Waals surface area contributed by atoms with Gasteiger partial charge in [0.1, 0.15) is 74.5 Å². The van der Waals surface area contributed by atoms with Gasteiger partial charge in [0.15, 0.2) is 33.0 Å². The molecule has 45 nitrogen and oxygen atoms in total. The first kappa shape index (κ1) is 111. The fraction of sp³-hybridized carbons (Fsp3) is 0.522. The smallest absolute Gasteiger partial charge is 0.489 e.